The van der Waals surface area contributed by atoms with Gasteiger partial charge in [-0.25, -0.2) is 0 Å². The first-order chi connectivity index (χ1) is 12.9. The van der Waals surface area contributed by atoms with Crippen molar-refractivity contribution < 1.29 is 14.3 Å². The number of carbonyl (C=O) groups is 1. The lowest BCUT2D eigenvalue weighted by Gasteiger charge is -2.13. The monoisotopic (exact) mass is 382 g/mol. The summed E-state index contributed by atoms with van der Waals surface area (Å²) in [7, 11) is 3.27. The average Bonchev–Trinajstić information content (AvgIpc) is 3.13. The molecule has 1 heterocycles. The lowest BCUT2D eigenvalue weighted by molar-refractivity contribution is -0.114. The van der Waals surface area contributed by atoms with Crippen molar-refractivity contribution in [3.63, 3.8) is 0 Å². The molecule has 1 amide bonds. The summed E-state index contributed by atoms with van der Waals surface area (Å²) in [5.74, 6) is 1.33. The van der Waals surface area contributed by atoms with Gasteiger partial charge in [0.1, 0.15) is 11.5 Å². The second kappa shape index (κ2) is 7.80. The van der Waals surface area contributed by atoms with Crippen LogP contribution in [-0.4, -0.2) is 24.5 Å². The maximum atomic E-state index is 11.5. The van der Waals surface area contributed by atoms with Crippen LogP contribution in [0, 0.1) is 13.8 Å². The zero-order valence-corrected chi connectivity index (χ0v) is 16.9. The fourth-order valence-corrected chi connectivity index (χ4v) is 3.74. The number of hydrogen-bond acceptors (Lipinski definition) is 5. The minimum absolute atomic E-state index is 0.145. The maximum Gasteiger partial charge on any atom is 0.221 e. The van der Waals surface area contributed by atoms with Gasteiger partial charge in [0.15, 0.2) is 0 Å². The fraction of sp³-hybridized carbons (Fsp3) is 0.238. The molecule has 0 bridgehead atoms. The average molecular weight is 382 g/mol. The lowest BCUT2D eigenvalue weighted by atomic mass is 9.99. The van der Waals surface area contributed by atoms with Crippen LogP contribution in [0.25, 0.3) is 21.6 Å². The maximum absolute atomic E-state index is 11.5. The van der Waals surface area contributed by atoms with Crippen molar-refractivity contribution in [1.82, 2.24) is 4.37 Å². The number of hydrogen-bond donors (Lipinski definition) is 1. The summed E-state index contributed by atoms with van der Waals surface area (Å²) in [4.78, 5) is 12.6. The highest BCUT2D eigenvalue weighted by atomic mass is 32.1. The largest absolute Gasteiger partial charge is 0.496 e. The number of ether oxygens (including phenoxy) is 2. The van der Waals surface area contributed by atoms with E-state index in [1.165, 1.54) is 18.5 Å². The van der Waals surface area contributed by atoms with Crippen molar-refractivity contribution in [3.8, 4) is 33.1 Å². The van der Waals surface area contributed by atoms with Crippen LogP contribution in [0.5, 0.6) is 11.5 Å². The van der Waals surface area contributed by atoms with E-state index < -0.39 is 0 Å². The summed E-state index contributed by atoms with van der Waals surface area (Å²) in [5.41, 5.74) is 5.95. The molecule has 0 radical (unpaired) electrons. The summed E-state index contributed by atoms with van der Waals surface area (Å²) < 4.78 is 15.3. The van der Waals surface area contributed by atoms with Gasteiger partial charge in [0, 0.05) is 18.7 Å². The molecule has 140 valence electrons. The summed E-state index contributed by atoms with van der Waals surface area (Å²) in [5, 5.41) is 2.82. The number of amides is 1. The zero-order chi connectivity index (χ0) is 19.6. The smallest absolute Gasteiger partial charge is 0.221 e. The first kappa shape index (κ1) is 18.9. The molecule has 0 aliphatic rings. The minimum Gasteiger partial charge on any atom is -0.496 e. The standard InChI is InChI=1S/C21H22N2O3S/c1-12-8-16(10-20(26-5)13(12)2)21-17(11-22-27-21)15-6-7-19(25-4)18(9-15)23-14(3)24/h6-11H,1-5H3,(H,23,24). The molecule has 6 heteroatoms. The van der Waals surface area contributed by atoms with Crippen LogP contribution in [0.3, 0.4) is 0 Å². The van der Waals surface area contributed by atoms with E-state index in [0.717, 1.165) is 38.4 Å². The van der Waals surface area contributed by atoms with Gasteiger partial charge in [0.2, 0.25) is 5.91 Å². The number of aryl methyl sites for hydroxylation is 1. The third-order valence-electron chi connectivity index (χ3n) is 4.49. The number of nitrogens with one attached hydrogen (secondary N) is 1. The Hall–Kier alpha value is -2.86. The van der Waals surface area contributed by atoms with E-state index in [2.05, 4.69) is 29.6 Å². The predicted octanol–water partition coefficient (Wildman–Crippen LogP) is 5.07. The van der Waals surface area contributed by atoms with Gasteiger partial charge in [-0.2, -0.15) is 4.37 Å². The molecule has 3 aromatic rings. The molecule has 0 fully saturated rings. The van der Waals surface area contributed by atoms with Gasteiger partial charge in [-0.05, 0) is 65.8 Å². The first-order valence-electron chi connectivity index (χ1n) is 8.51. The molecule has 0 atom stereocenters. The molecule has 1 aromatic heterocycles. The van der Waals surface area contributed by atoms with Gasteiger partial charge < -0.3 is 14.8 Å². The Labute approximate surface area is 163 Å². The second-order valence-corrected chi connectivity index (χ2v) is 7.09. The third-order valence-corrected chi connectivity index (χ3v) is 5.34. The van der Waals surface area contributed by atoms with E-state index in [1.807, 2.05) is 30.5 Å². The van der Waals surface area contributed by atoms with Crippen molar-refractivity contribution in [2.24, 2.45) is 0 Å². The molecule has 1 N–H and O–H groups in total. The Morgan fingerprint density at radius 3 is 2.44 bits per heavy atom. The van der Waals surface area contributed by atoms with Gasteiger partial charge in [-0.3, -0.25) is 4.79 Å². The summed E-state index contributed by atoms with van der Waals surface area (Å²) in [6, 6.07) is 9.91. The molecule has 3 rings (SSSR count). The molecule has 0 unspecified atom stereocenters. The molecule has 0 aliphatic heterocycles. The summed E-state index contributed by atoms with van der Waals surface area (Å²) in [6.07, 6.45) is 1.85. The van der Waals surface area contributed by atoms with Gasteiger partial charge in [0.25, 0.3) is 0 Å². The highest BCUT2D eigenvalue weighted by Crippen LogP contribution is 2.40. The topological polar surface area (TPSA) is 60.5 Å². The van der Waals surface area contributed by atoms with E-state index in [0.29, 0.717) is 11.4 Å². The van der Waals surface area contributed by atoms with Crippen LogP contribution in [-0.2, 0) is 4.79 Å². The molecule has 0 saturated carbocycles. The van der Waals surface area contributed by atoms with Gasteiger partial charge in [0.05, 0.1) is 24.8 Å². The van der Waals surface area contributed by atoms with Crippen molar-refractivity contribution in [3.05, 3.63) is 47.7 Å². The first-order valence-corrected chi connectivity index (χ1v) is 9.28. The van der Waals surface area contributed by atoms with E-state index in [1.54, 1.807) is 14.2 Å². The molecule has 2 aromatic carbocycles. The number of aromatic nitrogens is 1. The minimum atomic E-state index is -0.145. The number of carbonyl (C=O) groups excluding carboxylic acids is 1. The Balaban J connectivity index is 2.11. The Kier molecular flexibility index (Phi) is 5.46. The van der Waals surface area contributed by atoms with Crippen molar-refractivity contribution in [1.29, 1.82) is 0 Å². The summed E-state index contributed by atoms with van der Waals surface area (Å²) >= 11 is 1.44. The van der Waals surface area contributed by atoms with E-state index >= 15 is 0 Å². The Morgan fingerprint density at radius 1 is 1.04 bits per heavy atom. The van der Waals surface area contributed by atoms with Gasteiger partial charge in [-0.1, -0.05) is 12.1 Å². The number of rotatable bonds is 5. The van der Waals surface area contributed by atoms with Crippen LogP contribution in [0.2, 0.25) is 0 Å². The highest BCUT2D eigenvalue weighted by Gasteiger charge is 2.15. The lowest BCUT2D eigenvalue weighted by Crippen LogP contribution is -2.07. The normalized spacial score (nSPS) is 10.6. The number of anilines is 1. The number of methoxy groups -OCH3 is 2. The van der Waals surface area contributed by atoms with Crippen molar-refractivity contribution >= 4 is 23.1 Å². The van der Waals surface area contributed by atoms with Gasteiger partial charge in [-0.15, -0.1) is 0 Å². The molecule has 0 aliphatic carbocycles. The molecular weight excluding hydrogens is 360 g/mol. The quantitative estimate of drug-likeness (QED) is 0.669. The molecular formula is C21H22N2O3S. The molecule has 0 saturated heterocycles. The molecule has 27 heavy (non-hydrogen) atoms. The SMILES string of the molecule is COc1ccc(-c2cnsc2-c2cc(C)c(C)c(OC)c2)cc1NC(C)=O. The molecule has 0 spiro atoms. The highest BCUT2D eigenvalue weighted by molar-refractivity contribution is 7.10. The van der Waals surface area contributed by atoms with E-state index in [4.69, 9.17) is 9.47 Å². The van der Waals surface area contributed by atoms with Crippen molar-refractivity contribution in [2.45, 2.75) is 20.8 Å². The van der Waals surface area contributed by atoms with Crippen LogP contribution in [0.1, 0.15) is 18.1 Å². The van der Waals surface area contributed by atoms with Gasteiger partial charge >= 0.3 is 0 Å². The zero-order valence-electron chi connectivity index (χ0n) is 16.0. The van der Waals surface area contributed by atoms with Crippen LogP contribution in [0.4, 0.5) is 5.69 Å². The Bertz CT molecular complexity index is 995. The number of benzene rings is 2. The van der Waals surface area contributed by atoms with Crippen LogP contribution >= 0.6 is 11.5 Å². The Morgan fingerprint density at radius 2 is 1.78 bits per heavy atom. The van der Waals surface area contributed by atoms with Crippen LogP contribution < -0.4 is 14.8 Å². The second-order valence-electron chi connectivity index (χ2n) is 6.29. The van der Waals surface area contributed by atoms with E-state index in [-0.39, 0.29) is 5.91 Å². The predicted molar refractivity (Wildman–Crippen MR) is 110 cm³/mol. The fourth-order valence-electron chi connectivity index (χ4n) is 2.99. The van der Waals surface area contributed by atoms with Crippen LogP contribution in [0.15, 0.2) is 36.5 Å². The number of nitrogens with zero attached hydrogens (tertiary/aromatic N) is 1. The van der Waals surface area contributed by atoms with E-state index in [9.17, 15) is 4.79 Å². The molecule has 5 nitrogen and oxygen atoms in total. The summed E-state index contributed by atoms with van der Waals surface area (Å²) in [6.45, 7) is 5.60. The van der Waals surface area contributed by atoms with Crippen molar-refractivity contribution in [2.75, 3.05) is 19.5 Å². The third kappa shape index (κ3) is 3.80.